The minimum Gasteiger partial charge on any atom is -0.506 e. The Kier molecular flexibility index (Phi) is 3.92. The average molecular weight is 277 g/mol. The highest BCUT2D eigenvalue weighted by Crippen LogP contribution is 2.24. The summed E-state index contributed by atoms with van der Waals surface area (Å²) >= 11 is 5.75. The first-order chi connectivity index (χ1) is 9.04. The van der Waals surface area contributed by atoms with Crippen LogP contribution in [0.2, 0.25) is 5.02 Å². The van der Waals surface area contributed by atoms with Crippen LogP contribution in [0.5, 0.6) is 5.75 Å². The van der Waals surface area contributed by atoms with Crippen LogP contribution in [0.15, 0.2) is 42.5 Å². The molecule has 0 spiro atoms. The van der Waals surface area contributed by atoms with Crippen molar-refractivity contribution in [2.75, 3.05) is 10.6 Å². The summed E-state index contributed by atoms with van der Waals surface area (Å²) in [5, 5.41) is 15.5. The molecule has 0 bridgehead atoms. The van der Waals surface area contributed by atoms with Crippen molar-refractivity contribution in [1.29, 1.82) is 0 Å². The van der Waals surface area contributed by atoms with Gasteiger partial charge in [-0.25, -0.2) is 4.79 Å². The summed E-state index contributed by atoms with van der Waals surface area (Å²) in [5.74, 6) is 0.0336. The summed E-state index contributed by atoms with van der Waals surface area (Å²) in [4.78, 5) is 11.7. The van der Waals surface area contributed by atoms with Crippen molar-refractivity contribution < 1.29 is 9.90 Å². The predicted molar refractivity (Wildman–Crippen MR) is 76.9 cm³/mol. The van der Waals surface area contributed by atoms with Crippen LogP contribution in [-0.2, 0) is 0 Å². The highest BCUT2D eigenvalue weighted by atomic mass is 35.5. The summed E-state index contributed by atoms with van der Waals surface area (Å²) in [6, 6.07) is 11.3. The van der Waals surface area contributed by atoms with Crippen molar-refractivity contribution in [1.82, 2.24) is 0 Å². The van der Waals surface area contributed by atoms with Crippen LogP contribution in [0.25, 0.3) is 0 Å². The van der Waals surface area contributed by atoms with Gasteiger partial charge < -0.3 is 15.7 Å². The third-order valence-electron chi connectivity index (χ3n) is 2.50. The van der Waals surface area contributed by atoms with E-state index in [-0.39, 0.29) is 5.75 Å². The van der Waals surface area contributed by atoms with Gasteiger partial charge in [-0.3, -0.25) is 0 Å². The summed E-state index contributed by atoms with van der Waals surface area (Å²) < 4.78 is 0. The zero-order valence-electron chi connectivity index (χ0n) is 10.3. The quantitative estimate of drug-likeness (QED) is 0.726. The lowest BCUT2D eigenvalue weighted by molar-refractivity contribution is 0.262. The van der Waals surface area contributed by atoms with Gasteiger partial charge in [0, 0.05) is 10.7 Å². The van der Waals surface area contributed by atoms with Gasteiger partial charge in [-0.1, -0.05) is 17.7 Å². The Balaban J connectivity index is 2.03. The molecule has 19 heavy (non-hydrogen) atoms. The lowest BCUT2D eigenvalue weighted by Crippen LogP contribution is -2.19. The molecule has 0 aliphatic heterocycles. The predicted octanol–water partition coefficient (Wildman–Crippen LogP) is 4.00. The second-order valence-electron chi connectivity index (χ2n) is 4.11. The number of hydrogen-bond acceptors (Lipinski definition) is 2. The fourth-order valence-electron chi connectivity index (χ4n) is 1.57. The number of nitrogens with one attached hydrogen (secondary N) is 2. The number of anilines is 2. The van der Waals surface area contributed by atoms with Gasteiger partial charge in [-0.2, -0.15) is 0 Å². The topological polar surface area (TPSA) is 61.4 Å². The van der Waals surface area contributed by atoms with Crippen molar-refractivity contribution in [2.24, 2.45) is 0 Å². The summed E-state index contributed by atoms with van der Waals surface area (Å²) in [5.41, 5.74) is 1.90. The number of halogens is 1. The molecule has 0 aliphatic carbocycles. The van der Waals surface area contributed by atoms with Crippen LogP contribution in [-0.4, -0.2) is 11.1 Å². The zero-order chi connectivity index (χ0) is 13.8. The lowest BCUT2D eigenvalue weighted by atomic mass is 10.2. The van der Waals surface area contributed by atoms with Crippen molar-refractivity contribution in [3.8, 4) is 5.75 Å². The molecule has 0 radical (unpaired) electrons. The van der Waals surface area contributed by atoms with E-state index in [1.54, 1.807) is 42.5 Å². The molecule has 0 fully saturated rings. The summed E-state index contributed by atoms with van der Waals surface area (Å²) in [7, 11) is 0. The number of urea groups is 1. The first kappa shape index (κ1) is 13.2. The smallest absolute Gasteiger partial charge is 0.323 e. The van der Waals surface area contributed by atoms with Gasteiger partial charge in [0.1, 0.15) is 5.75 Å². The van der Waals surface area contributed by atoms with Gasteiger partial charge in [0.15, 0.2) is 0 Å². The number of phenolic OH excluding ortho intramolecular Hbond substituents is 1. The molecule has 0 unspecified atom stereocenters. The number of carbonyl (C=O) groups is 1. The van der Waals surface area contributed by atoms with Gasteiger partial charge in [0.05, 0.1) is 5.69 Å². The normalized spacial score (nSPS) is 10.0. The second-order valence-corrected chi connectivity index (χ2v) is 4.54. The maximum absolute atomic E-state index is 11.7. The van der Waals surface area contributed by atoms with Crippen LogP contribution in [0.1, 0.15) is 5.56 Å². The molecule has 0 saturated carbocycles. The number of aromatic hydroxyl groups is 1. The SMILES string of the molecule is Cc1ccc(NC(=O)Nc2ccc(Cl)cc2)c(O)c1. The number of aryl methyl sites for hydroxylation is 1. The van der Waals surface area contributed by atoms with Crippen LogP contribution >= 0.6 is 11.6 Å². The molecule has 5 heteroatoms. The Hall–Kier alpha value is -2.20. The fraction of sp³-hybridized carbons (Fsp3) is 0.0714. The standard InChI is InChI=1S/C14H13ClN2O2/c1-9-2-7-12(13(18)8-9)17-14(19)16-11-5-3-10(15)4-6-11/h2-8,18H,1H3,(H2,16,17,19). The second kappa shape index (κ2) is 5.63. The molecular weight excluding hydrogens is 264 g/mol. The molecule has 0 aromatic heterocycles. The van der Waals surface area contributed by atoms with E-state index in [9.17, 15) is 9.90 Å². The van der Waals surface area contributed by atoms with E-state index in [1.165, 1.54) is 0 Å². The third-order valence-corrected chi connectivity index (χ3v) is 2.76. The maximum Gasteiger partial charge on any atom is 0.323 e. The maximum atomic E-state index is 11.7. The Morgan fingerprint density at radius 2 is 1.79 bits per heavy atom. The Morgan fingerprint density at radius 3 is 2.42 bits per heavy atom. The molecule has 2 aromatic rings. The van der Waals surface area contributed by atoms with E-state index in [4.69, 9.17) is 11.6 Å². The van der Waals surface area contributed by atoms with E-state index in [0.717, 1.165) is 5.56 Å². The van der Waals surface area contributed by atoms with E-state index < -0.39 is 6.03 Å². The van der Waals surface area contributed by atoms with Crippen LogP contribution in [0, 0.1) is 6.92 Å². The Morgan fingerprint density at radius 1 is 1.11 bits per heavy atom. The molecule has 4 nitrogen and oxygen atoms in total. The number of hydrogen-bond donors (Lipinski definition) is 3. The highest BCUT2D eigenvalue weighted by molar-refractivity contribution is 6.30. The average Bonchev–Trinajstić information content (AvgIpc) is 2.36. The summed E-state index contributed by atoms with van der Waals surface area (Å²) in [6.07, 6.45) is 0. The number of carbonyl (C=O) groups excluding carboxylic acids is 1. The minimum absolute atomic E-state index is 0.0336. The van der Waals surface area contributed by atoms with Crippen molar-refractivity contribution >= 4 is 29.0 Å². The molecule has 0 heterocycles. The third kappa shape index (κ3) is 3.63. The van der Waals surface area contributed by atoms with Gasteiger partial charge in [0.25, 0.3) is 0 Å². The van der Waals surface area contributed by atoms with E-state index >= 15 is 0 Å². The number of benzene rings is 2. The molecule has 3 N–H and O–H groups in total. The van der Waals surface area contributed by atoms with E-state index in [1.807, 2.05) is 6.92 Å². The number of phenols is 1. The van der Waals surface area contributed by atoms with Gasteiger partial charge in [-0.15, -0.1) is 0 Å². The molecule has 2 amide bonds. The van der Waals surface area contributed by atoms with Gasteiger partial charge in [-0.05, 0) is 48.9 Å². The van der Waals surface area contributed by atoms with Crippen LogP contribution < -0.4 is 10.6 Å². The molecular formula is C14H13ClN2O2. The molecule has 98 valence electrons. The van der Waals surface area contributed by atoms with Gasteiger partial charge in [0.2, 0.25) is 0 Å². The monoisotopic (exact) mass is 276 g/mol. The first-order valence-electron chi connectivity index (χ1n) is 5.68. The van der Waals surface area contributed by atoms with Crippen molar-refractivity contribution in [3.63, 3.8) is 0 Å². The minimum atomic E-state index is -0.429. The highest BCUT2D eigenvalue weighted by Gasteiger charge is 2.06. The summed E-state index contributed by atoms with van der Waals surface area (Å²) in [6.45, 7) is 1.86. The Bertz CT molecular complexity index is 597. The molecule has 2 rings (SSSR count). The molecule has 0 aliphatic rings. The van der Waals surface area contributed by atoms with Gasteiger partial charge >= 0.3 is 6.03 Å². The first-order valence-corrected chi connectivity index (χ1v) is 6.05. The lowest BCUT2D eigenvalue weighted by Gasteiger charge is -2.09. The van der Waals surface area contributed by atoms with Crippen LogP contribution in [0.3, 0.4) is 0 Å². The molecule has 0 saturated heterocycles. The van der Waals surface area contributed by atoms with Crippen LogP contribution in [0.4, 0.5) is 16.2 Å². The fourth-order valence-corrected chi connectivity index (χ4v) is 1.69. The number of rotatable bonds is 2. The number of amides is 2. The largest absolute Gasteiger partial charge is 0.506 e. The molecule has 2 aromatic carbocycles. The van der Waals surface area contributed by atoms with Crippen molar-refractivity contribution in [3.05, 3.63) is 53.1 Å². The Labute approximate surface area is 116 Å². The van der Waals surface area contributed by atoms with Crippen molar-refractivity contribution in [2.45, 2.75) is 6.92 Å². The zero-order valence-corrected chi connectivity index (χ0v) is 11.0. The molecule has 0 atom stereocenters. The van der Waals surface area contributed by atoms with E-state index in [2.05, 4.69) is 10.6 Å². The van der Waals surface area contributed by atoms with E-state index in [0.29, 0.717) is 16.4 Å².